The van der Waals surface area contributed by atoms with Gasteiger partial charge in [-0.15, -0.1) is 0 Å². The third-order valence-corrected chi connectivity index (χ3v) is 4.32. The van der Waals surface area contributed by atoms with Crippen molar-refractivity contribution in [2.75, 3.05) is 19.8 Å². The van der Waals surface area contributed by atoms with E-state index in [2.05, 4.69) is 17.6 Å². The van der Waals surface area contributed by atoms with Crippen LogP contribution in [0.25, 0.3) is 0 Å². The summed E-state index contributed by atoms with van der Waals surface area (Å²) in [7, 11) is 0. The van der Waals surface area contributed by atoms with E-state index in [0.717, 1.165) is 38.5 Å². The predicted molar refractivity (Wildman–Crippen MR) is 82.4 cm³/mol. The molecule has 2 heterocycles. The normalized spacial score (nSPS) is 27.4. The number of hydrogen-bond donors (Lipinski definition) is 2. The minimum absolute atomic E-state index is 0.0696. The maximum Gasteiger partial charge on any atom is 0.249 e. The molecule has 0 saturated carbocycles. The van der Waals surface area contributed by atoms with Crippen LogP contribution in [0.15, 0.2) is 0 Å². The second kappa shape index (κ2) is 7.92. The molecule has 3 atom stereocenters. The summed E-state index contributed by atoms with van der Waals surface area (Å²) in [6, 6.07) is 0. The predicted octanol–water partition coefficient (Wildman–Crippen LogP) is 1.14. The highest BCUT2D eigenvalue weighted by Gasteiger charge is 2.32. The van der Waals surface area contributed by atoms with Gasteiger partial charge >= 0.3 is 0 Å². The standard InChI is InChI=1S/C16H28N2O4/c1-3-8-16(2,18-15(20)13-7-5-10-22-13)11-17-14(19)12-6-4-9-21-12/h12-13H,3-11H2,1-2H3,(H,17,19)(H,18,20). The summed E-state index contributed by atoms with van der Waals surface area (Å²) < 4.78 is 10.8. The molecule has 0 aromatic rings. The monoisotopic (exact) mass is 312 g/mol. The van der Waals surface area contributed by atoms with Crippen molar-refractivity contribution >= 4 is 11.8 Å². The first-order valence-electron chi connectivity index (χ1n) is 8.37. The van der Waals surface area contributed by atoms with Crippen molar-refractivity contribution in [3.8, 4) is 0 Å². The van der Waals surface area contributed by atoms with Crippen LogP contribution in [0.5, 0.6) is 0 Å². The van der Waals surface area contributed by atoms with Gasteiger partial charge in [-0.25, -0.2) is 0 Å². The van der Waals surface area contributed by atoms with Gasteiger partial charge in [0.25, 0.3) is 0 Å². The summed E-state index contributed by atoms with van der Waals surface area (Å²) in [5.74, 6) is -0.147. The fourth-order valence-corrected chi connectivity index (χ4v) is 3.09. The number of carbonyl (C=O) groups excluding carboxylic acids is 2. The minimum atomic E-state index is -0.452. The topological polar surface area (TPSA) is 76.7 Å². The van der Waals surface area contributed by atoms with Crippen LogP contribution in [-0.2, 0) is 19.1 Å². The van der Waals surface area contributed by atoms with E-state index in [1.54, 1.807) is 0 Å². The van der Waals surface area contributed by atoms with E-state index < -0.39 is 5.54 Å². The number of ether oxygens (including phenoxy) is 2. The molecule has 0 aromatic carbocycles. The number of hydrogen-bond acceptors (Lipinski definition) is 4. The van der Waals surface area contributed by atoms with Crippen LogP contribution in [0.3, 0.4) is 0 Å². The van der Waals surface area contributed by atoms with Gasteiger partial charge in [0.1, 0.15) is 12.2 Å². The number of amides is 2. The van der Waals surface area contributed by atoms with Gasteiger partial charge in [0.2, 0.25) is 11.8 Å². The molecule has 0 aromatic heterocycles. The smallest absolute Gasteiger partial charge is 0.249 e. The Morgan fingerprint density at radius 3 is 2.18 bits per heavy atom. The van der Waals surface area contributed by atoms with E-state index in [9.17, 15) is 9.59 Å². The van der Waals surface area contributed by atoms with Gasteiger partial charge < -0.3 is 20.1 Å². The summed E-state index contributed by atoms with van der Waals surface area (Å²) >= 11 is 0. The molecule has 6 heteroatoms. The first kappa shape index (κ1) is 17.2. The average Bonchev–Trinajstić information content (AvgIpc) is 3.17. The molecule has 2 rings (SSSR count). The molecule has 3 unspecified atom stereocenters. The van der Waals surface area contributed by atoms with Gasteiger partial charge in [-0.05, 0) is 39.0 Å². The zero-order valence-corrected chi connectivity index (χ0v) is 13.7. The van der Waals surface area contributed by atoms with Gasteiger partial charge in [0.15, 0.2) is 0 Å². The molecule has 6 nitrogen and oxygen atoms in total. The molecule has 2 aliphatic heterocycles. The van der Waals surface area contributed by atoms with Crippen molar-refractivity contribution in [3.05, 3.63) is 0 Å². The highest BCUT2D eigenvalue weighted by molar-refractivity contribution is 5.82. The summed E-state index contributed by atoms with van der Waals surface area (Å²) in [6.07, 6.45) is 4.47. The Balaban J connectivity index is 1.85. The molecule has 2 N–H and O–H groups in total. The van der Waals surface area contributed by atoms with Gasteiger partial charge in [-0.2, -0.15) is 0 Å². The molecule has 2 amide bonds. The van der Waals surface area contributed by atoms with Crippen molar-refractivity contribution in [3.63, 3.8) is 0 Å². The van der Waals surface area contributed by atoms with Crippen molar-refractivity contribution in [2.24, 2.45) is 0 Å². The first-order valence-corrected chi connectivity index (χ1v) is 8.37. The van der Waals surface area contributed by atoms with Crippen LogP contribution < -0.4 is 10.6 Å². The lowest BCUT2D eigenvalue weighted by Crippen LogP contribution is -2.56. The summed E-state index contributed by atoms with van der Waals surface area (Å²) in [6.45, 7) is 5.76. The molecule has 126 valence electrons. The minimum Gasteiger partial charge on any atom is -0.368 e. The summed E-state index contributed by atoms with van der Waals surface area (Å²) in [5.41, 5.74) is -0.452. The van der Waals surface area contributed by atoms with E-state index >= 15 is 0 Å². The van der Waals surface area contributed by atoms with Crippen LogP contribution >= 0.6 is 0 Å². The number of nitrogens with one attached hydrogen (secondary N) is 2. The van der Waals surface area contributed by atoms with Gasteiger partial charge in [-0.3, -0.25) is 9.59 Å². The van der Waals surface area contributed by atoms with Crippen LogP contribution in [0.2, 0.25) is 0 Å². The van der Waals surface area contributed by atoms with Crippen molar-refractivity contribution in [2.45, 2.75) is 70.1 Å². The molecule has 22 heavy (non-hydrogen) atoms. The highest BCUT2D eigenvalue weighted by Crippen LogP contribution is 2.17. The van der Waals surface area contributed by atoms with E-state index in [-0.39, 0.29) is 24.0 Å². The largest absolute Gasteiger partial charge is 0.368 e. The van der Waals surface area contributed by atoms with Crippen molar-refractivity contribution in [1.29, 1.82) is 0 Å². The van der Waals surface area contributed by atoms with Crippen molar-refractivity contribution < 1.29 is 19.1 Å². The number of carbonyl (C=O) groups is 2. The molecule has 0 radical (unpaired) electrons. The zero-order chi connectivity index (χ0) is 16.0. The lowest BCUT2D eigenvalue weighted by Gasteiger charge is -2.32. The molecule has 0 bridgehead atoms. The Bertz CT molecular complexity index is 390. The highest BCUT2D eigenvalue weighted by atomic mass is 16.5. The van der Waals surface area contributed by atoms with E-state index in [1.165, 1.54) is 0 Å². The summed E-state index contributed by atoms with van der Waals surface area (Å²) in [5, 5.41) is 5.99. The van der Waals surface area contributed by atoms with Crippen LogP contribution in [0.4, 0.5) is 0 Å². The van der Waals surface area contributed by atoms with E-state index in [1.807, 2.05) is 6.92 Å². The Morgan fingerprint density at radius 1 is 1.09 bits per heavy atom. The zero-order valence-electron chi connectivity index (χ0n) is 13.7. The second-order valence-electron chi connectivity index (χ2n) is 6.52. The average molecular weight is 312 g/mol. The van der Waals surface area contributed by atoms with E-state index in [0.29, 0.717) is 19.8 Å². The fourth-order valence-electron chi connectivity index (χ4n) is 3.09. The van der Waals surface area contributed by atoms with Gasteiger partial charge in [-0.1, -0.05) is 13.3 Å². The molecular formula is C16H28N2O4. The Kier molecular flexibility index (Phi) is 6.20. The van der Waals surface area contributed by atoms with Crippen LogP contribution in [0, 0.1) is 0 Å². The molecule has 0 aliphatic carbocycles. The third kappa shape index (κ3) is 4.68. The third-order valence-electron chi connectivity index (χ3n) is 4.32. The number of rotatable bonds is 7. The second-order valence-corrected chi connectivity index (χ2v) is 6.52. The van der Waals surface area contributed by atoms with Crippen molar-refractivity contribution in [1.82, 2.24) is 10.6 Å². The first-order chi connectivity index (χ1) is 10.5. The quantitative estimate of drug-likeness (QED) is 0.739. The van der Waals surface area contributed by atoms with Gasteiger partial charge in [0, 0.05) is 19.8 Å². The Hall–Kier alpha value is -1.14. The summed E-state index contributed by atoms with van der Waals surface area (Å²) in [4.78, 5) is 24.3. The molecule has 2 saturated heterocycles. The molecule has 2 aliphatic rings. The molecule has 0 spiro atoms. The maximum absolute atomic E-state index is 12.3. The van der Waals surface area contributed by atoms with Crippen LogP contribution in [0.1, 0.15) is 52.4 Å². The SMILES string of the molecule is CCCC(C)(CNC(=O)C1CCCO1)NC(=O)C1CCCO1. The molecular weight excluding hydrogens is 284 g/mol. The van der Waals surface area contributed by atoms with Crippen LogP contribution in [-0.4, -0.2) is 49.3 Å². The Morgan fingerprint density at radius 2 is 1.68 bits per heavy atom. The van der Waals surface area contributed by atoms with E-state index in [4.69, 9.17) is 9.47 Å². The Labute approximate surface area is 132 Å². The van der Waals surface area contributed by atoms with Gasteiger partial charge in [0.05, 0.1) is 5.54 Å². The fraction of sp³-hybridized carbons (Fsp3) is 0.875. The maximum atomic E-state index is 12.3. The lowest BCUT2D eigenvalue weighted by atomic mass is 9.95. The lowest BCUT2D eigenvalue weighted by molar-refractivity contribution is -0.133. The molecule has 2 fully saturated rings.